The number of aromatic amines is 1. The number of pyridine rings is 2. The van der Waals surface area contributed by atoms with Gasteiger partial charge in [-0.1, -0.05) is 6.07 Å². The summed E-state index contributed by atoms with van der Waals surface area (Å²) in [5.41, 5.74) is 2.80. The van der Waals surface area contributed by atoms with E-state index in [4.69, 9.17) is 9.72 Å². The summed E-state index contributed by atoms with van der Waals surface area (Å²) in [6.07, 6.45) is 4.33. The molecule has 1 saturated heterocycles. The molecule has 4 aromatic rings. The van der Waals surface area contributed by atoms with Gasteiger partial charge in [0.1, 0.15) is 22.8 Å². The second kappa shape index (κ2) is 7.95. The zero-order valence-electron chi connectivity index (χ0n) is 17.2. The van der Waals surface area contributed by atoms with Crippen molar-refractivity contribution in [1.29, 1.82) is 0 Å². The van der Waals surface area contributed by atoms with Gasteiger partial charge in [0.15, 0.2) is 9.84 Å². The number of H-pyrrole nitrogens is 1. The van der Waals surface area contributed by atoms with Gasteiger partial charge in [-0.15, -0.1) is 0 Å². The van der Waals surface area contributed by atoms with Crippen LogP contribution in [-0.4, -0.2) is 61.1 Å². The Morgan fingerprint density at radius 1 is 1.06 bits per heavy atom. The van der Waals surface area contributed by atoms with Crippen LogP contribution >= 0.6 is 0 Å². The lowest BCUT2D eigenvalue weighted by molar-refractivity contribution is 0.122. The smallest absolute Gasteiger partial charge is 0.175 e. The molecule has 0 unspecified atom stereocenters. The van der Waals surface area contributed by atoms with Crippen LogP contribution < -0.4 is 4.90 Å². The molecule has 4 heterocycles. The zero-order chi connectivity index (χ0) is 22.3. The predicted octanol–water partition coefficient (Wildman–Crippen LogP) is 3.07. The second-order valence-electron chi connectivity index (χ2n) is 7.57. The van der Waals surface area contributed by atoms with Crippen LogP contribution in [0.5, 0.6) is 0 Å². The van der Waals surface area contributed by atoms with Gasteiger partial charge in [-0.3, -0.25) is 10.1 Å². The lowest BCUT2D eigenvalue weighted by Crippen LogP contribution is -2.36. The average molecular weight is 453 g/mol. The highest BCUT2D eigenvalue weighted by Crippen LogP contribution is 2.36. The standard InChI is InChI=1S/C22H20FN5O3S/c1-32(29,30)14-2-3-15(18(23)12-14)17-13-20(28-8-10-31-11-9-28)26-21-16(17)4-6-24-22(21)19-5-7-25-27-19/h2-7,12-13H,8-11H2,1H3,(H,25,27). The molecule has 1 aliphatic heterocycles. The first-order valence-electron chi connectivity index (χ1n) is 10.0. The van der Waals surface area contributed by atoms with Crippen LogP contribution in [0.15, 0.2) is 53.7 Å². The third-order valence-electron chi connectivity index (χ3n) is 5.46. The Morgan fingerprint density at radius 2 is 1.88 bits per heavy atom. The average Bonchev–Trinajstić information content (AvgIpc) is 3.33. The highest BCUT2D eigenvalue weighted by Gasteiger charge is 2.21. The van der Waals surface area contributed by atoms with Crippen LogP contribution in [0.2, 0.25) is 0 Å². The minimum atomic E-state index is -3.52. The third kappa shape index (κ3) is 3.71. The molecule has 10 heteroatoms. The molecule has 0 spiro atoms. The van der Waals surface area contributed by atoms with Crippen LogP contribution in [0.3, 0.4) is 0 Å². The van der Waals surface area contributed by atoms with Crippen molar-refractivity contribution >= 4 is 26.6 Å². The molecule has 32 heavy (non-hydrogen) atoms. The second-order valence-corrected chi connectivity index (χ2v) is 9.58. The number of benzene rings is 1. The van der Waals surface area contributed by atoms with Crippen LogP contribution in [0.25, 0.3) is 33.4 Å². The van der Waals surface area contributed by atoms with Crippen molar-refractivity contribution < 1.29 is 17.5 Å². The predicted molar refractivity (Wildman–Crippen MR) is 119 cm³/mol. The summed E-state index contributed by atoms with van der Waals surface area (Å²) in [5.74, 6) is 0.0596. The summed E-state index contributed by atoms with van der Waals surface area (Å²) in [7, 11) is -3.52. The first-order valence-corrected chi connectivity index (χ1v) is 11.9. The van der Waals surface area contributed by atoms with Crippen molar-refractivity contribution in [2.24, 2.45) is 0 Å². The van der Waals surface area contributed by atoms with E-state index < -0.39 is 15.7 Å². The SMILES string of the molecule is CS(=O)(=O)c1ccc(-c2cc(N3CCOCC3)nc3c(-c4ccn[nH]4)nccc23)c(F)c1. The summed E-state index contributed by atoms with van der Waals surface area (Å²) in [6, 6.07) is 9.40. The van der Waals surface area contributed by atoms with Crippen LogP contribution in [0, 0.1) is 5.82 Å². The summed E-state index contributed by atoms with van der Waals surface area (Å²) in [6.45, 7) is 2.47. The number of rotatable bonds is 4. The van der Waals surface area contributed by atoms with E-state index in [9.17, 15) is 8.42 Å². The molecule has 0 radical (unpaired) electrons. The van der Waals surface area contributed by atoms with E-state index >= 15 is 4.39 Å². The third-order valence-corrected chi connectivity index (χ3v) is 6.57. The van der Waals surface area contributed by atoms with Gasteiger partial charge in [-0.2, -0.15) is 5.10 Å². The number of anilines is 1. The maximum absolute atomic E-state index is 15.2. The first-order chi connectivity index (χ1) is 15.4. The van der Waals surface area contributed by atoms with E-state index in [2.05, 4.69) is 20.1 Å². The van der Waals surface area contributed by atoms with Crippen molar-refractivity contribution in [3.8, 4) is 22.5 Å². The summed E-state index contributed by atoms with van der Waals surface area (Å²) < 4.78 is 44.4. The van der Waals surface area contributed by atoms with Crippen LogP contribution in [0.4, 0.5) is 10.2 Å². The fourth-order valence-corrected chi connectivity index (χ4v) is 4.48. The molecule has 0 atom stereocenters. The maximum Gasteiger partial charge on any atom is 0.175 e. The zero-order valence-corrected chi connectivity index (χ0v) is 18.1. The number of fused-ring (bicyclic) bond motifs is 1. The highest BCUT2D eigenvalue weighted by molar-refractivity contribution is 7.90. The Hall–Kier alpha value is -3.37. The van der Waals surface area contributed by atoms with E-state index in [0.29, 0.717) is 65.5 Å². The maximum atomic E-state index is 15.2. The highest BCUT2D eigenvalue weighted by atomic mass is 32.2. The Kier molecular flexibility index (Phi) is 5.10. The Balaban J connectivity index is 1.77. The van der Waals surface area contributed by atoms with Gasteiger partial charge in [-0.25, -0.2) is 17.8 Å². The quantitative estimate of drug-likeness (QED) is 0.507. The van der Waals surface area contributed by atoms with Gasteiger partial charge in [0.05, 0.1) is 23.8 Å². The molecular weight excluding hydrogens is 433 g/mol. The lowest BCUT2D eigenvalue weighted by Gasteiger charge is -2.28. The van der Waals surface area contributed by atoms with Gasteiger partial charge in [0, 0.05) is 42.7 Å². The molecular formula is C22H20FN5O3S. The largest absolute Gasteiger partial charge is 0.378 e. The Labute approximate surface area is 184 Å². The molecule has 8 nitrogen and oxygen atoms in total. The fourth-order valence-electron chi connectivity index (χ4n) is 3.85. The molecule has 0 bridgehead atoms. The Morgan fingerprint density at radius 3 is 2.56 bits per heavy atom. The molecule has 0 saturated carbocycles. The molecule has 1 N–H and O–H groups in total. The summed E-state index contributed by atoms with van der Waals surface area (Å²) in [5, 5.41) is 7.62. The van der Waals surface area contributed by atoms with Crippen molar-refractivity contribution in [2.45, 2.75) is 4.90 Å². The van der Waals surface area contributed by atoms with Gasteiger partial charge in [-0.05, 0) is 35.9 Å². The number of morpholine rings is 1. The van der Waals surface area contributed by atoms with E-state index in [1.54, 1.807) is 24.5 Å². The molecule has 164 valence electrons. The summed E-state index contributed by atoms with van der Waals surface area (Å²) >= 11 is 0. The number of hydrogen-bond donors (Lipinski definition) is 1. The van der Waals surface area contributed by atoms with Crippen molar-refractivity contribution in [3.63, 3.8) is 0 Å². The van der Waals surface area contributed by atoms with Gasteiger partial charge >= 0.3 is 0 Å². The van der Waals surface area contributed by atoms with Crippen molar-refractivity contribution in [1.82, 2.24) is 20.2 Å². The molecule has 5 rings (SSSR count). The number of nitrogens with one attached hydrogen (secondary N) is 1. The monoisotopic (exact) mass is 453 g/mol. The Bertz CT molecular complexity index is 1400. The van der Waals surface area contributed by atoms with Gasteiger partial charge < -0.3 is 9.64 Å². The van der Waals surface area contributed by atoms with Crippen LogP contribution in [-0.2, 0) is 14.6 Å². The van der Waals surface area contributed by atoms with Gasteiger partial charge in [0.2, 0.25) is 0 Å². The van der Waals surface area contributed by atoms with E-state index in [1.807, 2.05) is 6.07 Å². The molecule has 3 aromatic heterocycles. The summed E-state index contributed by atoms with van der Waals surface area (Å²) in [4.78, 5) is 11.4. The number of ether oxygens (including phenoxy) is 1. The number of nitrogens with zero attached hydrogens (tertiary/aromatic N) is 4. The fraction of sp³-hybridized carbons (Fsp3) is 0.227. The molecule has 1 aliphatic rings. The molecule has 1 aromatic carbocycles. The first kappa shape index (κ1) is 20.5. The van der Waals surface area contributed by atoms with E-state index in [0.717, 1.165) is 12.3 Å². The van der Waals surface area contributed by atoms with Gasteiger partial charge in [0.25, 0.3) is 0 Å². The van der Waals surface area contributed by atoms with Crippen molar-refractivity contribution in [2.75, 3.05) is 37.5 Å². The topological polar surface area (TPSA) is 101 Å². The lowest BCUT2D eigenvalue weighted by atomic mass is 9.99. The van der Waals surface area contributed by atoms with E-state index in [1.165, 1.54) is 12.1 Å². The molecule has 0 amide bonds. The number of hydrogen-bond acceptors (Lipinski definition) is 7. The number of sulfone groups is 1. The normalized spacial score (nSPS) is 14.8. The van der Waals surface area contributed by atoms with E-state index in [-0.39, 0.29) is 4.90 Å². The minimum absolute atomic E-state index is 0.0645. The number of aromatic nitrogens is 4. The molecule has 0 aliphatic carbocycles. The van der Waals surface area contributed by atoms with Crippen molar-refractivity contribution in [3.05, 3.63) is 54.6 Å². The molecule has 1 fully saturated rings. The minimum Gasteiger partial charge on any atom is -0.378 e. The van der Waals surface area contributed by atoms with Crippen LogP contribution in [0.1, 0.15) is 0 Å². The number of halogens is 1.